The summed E-state index contributed by atoms with van der Waals surface area (Å²) < 4.78 is 1.43. The van der Waals surface area contributed by atoms with Crippen LogP contribution in [-0.2, 0) is 4.79 Å². The second kappa shape index (κ2) is 5.87. The van der Waals surface area contributed by atoms with Gasteiger partial charge in [0.05, 0.1) is 0 Å². The lowest BCUT2D eigenvalue weighted by Crippen LogP contribution is -2.16. The summed E-state index contributed by atoms with van der Waals surface area (Å²) in [5.74, 6) is -0.707. The van der Waals surface area contributed by atoms with E-state index in [4.69, 9.17) is 5.11 Å². The van der Waals surface area contributed by atoms with E-state index in [9.17, 15) is 14.9 Å². The summed E-state index contributed by atoms with van der Waals surface area (Å²) in [6.45, 7) is 1.85. The number of anilines is 1. The Labute approximate surface area is 118 Å². The second-order valence-electron chi connectivity index (χ2n) is 4.43. The third kappa shape index (κ3) is 3.05. The zero-order valence-electron chi connectivity index (χ0n) is 10.8. The first-order valence-electron chi connectivity index (χ1n) is 6.07. The molecule has 9 heteroatoms. The molecule has 2 heterocycles. The number of imidazole rings is 1. The van der Waals surface area contributed by atoms with Crippen LogP contribution in [0.3, 0.4) is 0 Å². The summed E-state index contributed by atoms with van der Waals surface area (Å²) in [6.07, 6.45) is 2.81. The van der Waals surface area contributed by atoms with Crippen molar-refractivity contribution in [3.05, 3.63) is 21.7 Å². The summed E-state index contributed by atoms with van der Waals surface area (Å²) in [4.78, 5) is 25.8. The fourth-order valence-corrected chi connectivity index (χ4v) is 2.62. The fourth-order valence-electron chi connectivity index (χ4n) is 1.91. The predicted molar refractivity (Wildman–Crippen MR) is 74.3 cm³/mol. The number of fused-ring (bicyclic) bond motifs is 1. The van der Waals surface area contributed by atoms with E-state index in [1.807, 2.05) is 6.92 Å². The van der Waals surface area contributed by atoms with Crippen molar-refractivity contribution in [1.82, 2.24) is 9.38 Å². The predicted octanol–water partition coefficient (Wildman–Crippen LogP) is 2.36. The Morgan fingerprint density at radius 3 is 3.10 bits per heavy atom. The highest BCUT2D eigenvalue weighted by atomic mass is 32.1. The van der Waals surface area contributed by atoms with E-state index >= 15 is 0 Å². The molecule has 0 radical (unpaired) electrons. The van der Waals surface area contributed by atoms with Crippen molar-refractivity contribution in [3.8, 4) is 0 Å². The minimum absolute atomic E-state index is 0.0855. The van der Waals surface area contributed by atoms with E-state index in [0.29, 0.717) is 17.8 Å². The molecule has 0 aliphatic rings. The molecule has 0 spiro atoms. The molecule has 0 aliphatic carbocycles. The van der Waals surface area contributed by atoms with Crippen LogP contribution in [0.25, 0.3) is 4.96 Å². The van der Waals surface area contributed by atoms with Crippen LogP contribution >= 0.6 is 11.3 Å². The molecular formula is C11H14N4O4S. The van der Waals surface area contributed by atoms with Crippen LogP contribution < -0.4 is 5.32 Å². The summed E-state index contributed by atoms with van der Waals surface area (Å²) in [5, 5.41) is 24.4. The molecule has 0 aliphatic heterocycles. The standard InChI is InChI=1S/C11H14N4O4S/c1-7(3-2-4-8(16)17)12-9-10(15(18)19)14-5-6-20-11(14)13-9/h5-7,12H,2-4H2,1H3,(H,16,17). The van der Waals surface area contributed by atoms with Crippen LogP contribution in [0.5, 0.6) is 0 Å². The zero-order chi connectivity index (χ0) is 14.7. The van der Waals surface area contributed by atoms with Crippen LogP contribution in [-0.4, -0.2) is 31.4 Å². The number of nitrogens with zero attached hydrogens (tertiary/aromatic N) is 3. The Morgan fingerprint density at radius 1 is 1.70 bits per heavy atom. The van der Waals surface area contributed by atoms with Crippen LogP contribution in [0.4, 0.5) is 11.6 Å². The zero-order valence-corrected chi connectivity index (χ0v) is 11.6. The van der Waals surface area contributed by atoms with Gasteiger partial charge in [0.15, 0.2) is 0 Å². The molecule has 2 aromatic heterocycles. The van der Waals surface area contributed by atoms with E-state index in [-0.39, 0.29) is 24.1 Å². The molecule has 20 heavy (non-hydrogen) atoms. The molecule has 0 amide bonds. The van der Waals surface area contributed by atoms with E-state index in [2.05, 4.69) is 10.3 Å². The van der Waals surface area contributed by atoms with Gasteiger partial charge in [-0.2, -0.15) is 9.38 Å². The van der Waals surface area contributed by atoms with Gasteiger partial charge in [0, 0.05) is 17.8 Å². The molecule has 108 valence electrons. The summed E-state index contributed by atoms with van der Waals surface area (Å²) in [6, 6.07) is -0.0855. The third-order valence-corrected chi connectivity index (χ3v) is 3.58. The lowest BCUT2D eigenvalue weighted by atomic mass is 10.1. The lowest BCUT2D eigenvalue weighted by Gasteiger charge is -2.11. The second-order valence-corrected chi connectivity index (χ2v) is 5.30. The number of nitro groups is 1. The minimum atomic E-state index is -0.842. The maximum Gasteiger partial charge on any atom is 0.372 e. The van der Waals surface area contributed by atoms with Crippen LogP contribution in [0.15, 0.2) is 11.6 Å². The normalized spacial score (nSPS) is 12.4. The van der Waals surface area contributed by atoms with E-state index in [0.717, 1.165) is 0 Å². The van der Waals surface area contributed by atoms with Crippen LogP contribution in [0.2, 0.25) is 0 Å². The maximum atomic E-state index is 11.1. The highest BCUT2D eigenvalue weighted by Gasteiger charge is 2.24. The average Bonchev–Trinajstić information content (AvgIpc) is 2.87. The number of nitrogens with one attached hydrogen (secondary N) is 1. The SMILES string of the molecule is CC(CCCC(=O)O)Nc1nc2sccn2c1[N+](=O)[O-]. The first-order chi connectivity index (χ1) is 9.49. The van der Waals surface area contributed by atoms with E-state index in [1.165, 1.54) is 15.7 Å². The molecular weight excluding hydrogens is 284 g/mol. The Morgan fingerprint density at radius 2 is 2.45 bits per heavy atom. The molecule has 0 bridgehead atoms. The quantitative estimate of drug-likeness (QED) is 0.599. The Balaban J connectivity index is 2.08. The number of hydrogen-bond acceptors (Lipinski definition) is 6. The van der Waals surface area contributed by atoms with Gasteiger partial charge in [0.1, 0.15) is 6.20 Å². The first kappa shape index (κ1) is 14.3. The highest BCUT2D eigenvalue weighted by molar-refractivity contribution is 7.15. The van der Waals surface area contributed by atoms with Gasteiger partial charge in [-0.1, -0.05) is 11.3 Å². The Hall–Kier alpha value is -2.16. The number of thiazole rings is 1. The van der Waals surface area contributed by atoms with Crippen molar-refractivity contribution in [1.29, 1.82) is 0 Å². The van der Waals surface area contributed by atoms with Crippen molar-refractivity contribution in [2.75, 3.05) is 5.32 Å². The number of carbonyl (C=O) groups is 1. The van der Waals surface area contributed by atoms with Gasteiger partial charge in [-0.25, -0.2) is 0 Å². The molecule has 8 nitrogen and oxygen atoms in total. The molecule has 0 fully saturated rings. The van der Waals surface area contributed by atoms with Crippen LogP contribution in [0, 0.1) is 10.1 Å². The van der Waals surface area contributed by atoms with Gasteiger partial charge in [-0.15, -0.1) is 0 Å². The van der Waals surface area contributed by atoms with Crippen molar-refractivity contribution in [2.24, 2.45) is 0 Å². The van der Waals surface area contributed by atoms with Gasteiger partial charge >= 0.3 is 11.8 Å². The van der Waals surface area contributed by atoms with Crippen molar-refractivity contribution in [3.63, 3.8) is 0 Å². The molecule has 0 saturated heterocycles. The highest BCUT2D eigenvalue weighted by Crippen LogP contribution is 2.28. The van der Waals surface area contributed by atoms with E-state index in [1.54, 1.807) is 11.6 Å². The molecule has 0 saturated carbocycles. The molecule has 1 unspecified atom stereocenters. The summed E-state index contributed by atoms with van der Waals surface area (Å²) in [7, 11) is 0. The maximum absolute atomic E-state index is 11.1. The lowest BCUT2D eigenvalue weighted by molar-refractivity contribution is -0.389. The summed E-state index contributed by atoms with van der Waals surface area (Å²) >= 11 is 1.32. The number of hydrogen-bond donors (Lipinski definition) is 2. The third-order valence-electron chi connectivity index (χ3n) is 2.82. The molecule has 1 atom stereocenters. The van der Waals surface area contributed by atoms with Crippen molar-refractivity contribution >= 4 is 33.9 Å². The molecule has 0 aromatic carbocycles. The Bertz CT molecular complexity index is 635. The molecule has 2 rings (SSSR count). The molecule has 2 N–H and O–H groups in total. The fraction of sp³-hybridized carbons (Fsp3) is 0.455. The Kier molecular flexibility index (Phi) is 4.18. The van der Waals surface area contributed by atoms with Gasteiger partial charge < -0.3 is 20.5 Å². The van der Waals surface area contributed by atoms with E-state index < -0.39 is 10.9 Å². The minimum Gasteiger partial charge on any atom is -0.481 e. The van der Waals surface area contributed by atoms with Gasteiger partial charge in [0.25, 0.3) is 4.96 Å². The first-order valence-corrected chi connectivity index (χ1v) is 6.95. The number of aromatic nitrogens is 2. The van der Waals surface area contributed by atoms with Gasteiger partial charge in [-0.3, -0.25) is 4.79 Å². The number of rotatable bonds is 7. The number of carboxylic acid groups (broad SMARTS) is 1. The van der Waals surface area contributed by atoms with Crippen LogP contribution in [0.1, 0.15) is 26.2 Å². The smallest absolute Gasteiger partial charge is 0.372 e. The van der Waals surface area contributed by atoms with Gasteiger partial charge in [0.2, 0.25) is 5.82 Å². The monoisotopic (exact) mass is 298 g/mol. The molecule has 2 aromatic rings. The van der Waals surface area contributed by atoms with Crippen molar-refractivity contribution < 1.29 is 14.8 Å². The largest absolute Gasteiger partial charge is 0.481 e. The number of aliphatic carboxylic acids is 1. The van der Waals surface area contributed by atoms with Gasteiger partial charge in [-0.05, 0) is 24.7 Å². The van der Waals surface area contributed by atoms with Crippen molar-refractivity contribution in [2.45, 2.75) is 32.2 Å². The number of carboxylic acids is 1. The topological polar surface area (TPSA) is 110 Å². The average molecular weight is 298 g/mol. The summed E-state index contributed by atoms with van der Waals surface area (Å²) in [5.41, 5.74) is 0.